The zero-order valence-corrected chi connectivity index (χ0v) is 67.9. The quantitative estimate of drug-likeness (QED) is 0.0195. The average Bonchev–Trinajstić information content (AvgIpc) is 0.916. The molecule has 10 heteroatoms. The van der Waals surface area contributed by atoms with Gasteiger partial charge in [0, 0.05) is 12.8 Å². The molecule has 0 fully saturated rings. The minimum absolute atomic E-state index is 0.0358. The molecule has 0 saturated heterocycles. The highest BCUT2D eigenvalue weighted by atomic mass is 31.2. The molecule has 586 valence electrons. The van der Waals surface area contributed by atoms with Crippen molar-refractivity contribution in [3.63, 3.8) is 0 Å². The summed E-state index contributed by atoms with van der Waals surface area (Å²) in [6, 6.07) is 0. The van der Waals surface area contributed by atoms with Crippen LogP contribution in [0.4, 0.5) is 0 Å². The van der Waals surface area contributed by atoms with Crippen LogP contribution in [0.1, 0.15) is 373 Å². The molecule has 0 saturated carbocycles. The van der Waals surface area contributed by atoms with Crippen LogP contribution in [0.2, 0.25) is 0 Å². The molecular weight excluding hydrogens is 1280 g/mol. The SMILES string of the molecule is CC/C=C\C/C=C\C/C=C\C/C=C\C/C=C\C/C=C\C/C=C\C/C=C\C/C=C\C/C=C\CCCCCCCCCCCCC(=O)OC(COC(=O)CCCCCCCCCCCCCCCCCCCCCCCCCCC/C=C\C/C=C\CCCCCCC)COP(=O)([O-])OCC[N+](C)(C)C. The van der Waals surface area contributed by atoms with Crippen molar-refractivity contribution in [2.45, 2.75) is 380 Å². The summed E-state index contributed by atoms with van der Waals surface area (Å²) in [5, 5.41) is 0. The van der Waals surface area contributed by atoms with Crippen LogP contribution >= 0.6 is 7.82 Å². The van der Waals surface area contributed by atoms with Gasteiger partial charge in [-0.3, -0.25) is 14.2 Å². The number of esters is 2. The average molecular weight is 1440 g/mol. The Labute approximate surface area is 631 Å². The van der Waals surface area contributed by atoms with Crippen LogP contribution < -0.4 is 4.89 Å². The van der Waals surface area contributed by atoms with Gasteiger partial charge in [-0.05, 0) is 122 Å². The zero-order chi connectivity index (χ0) is 74.0. The van der Waals surface area contributed by atoms with E-state index in [0.29, 0.717) is 17.4 Å². The van der Waals surface area contributed by atoms with Crippen molar-refractivity contribution in [1.29, 1.82) is 0 Å². The van der Waals surface area contributed by atoms with E-state index in [4.69, 9.17) is 18.5 Å². The second kappa shape index (κ2) is 81.0. The smallest absolute Gasteiger partial charge is 0.306 e. The van der Waals surface area contributed by atoms with E-state index in [0.717, 1.165) is 116 Å². The Morgan fingerprint density at radius 2 is 0.559 bits per heavy atom. The van der Waals surface area contributed by atoms with Gasteiger partial charge in [0.15, 0.2) is 6.10 Å². The number of likely N-dealkylation sites (N-methyl/N-ethyl adjacent to an activating group) is 1. The predicted molar refractivity (Wildman–Crippen MR) is 443 cm³/mol. The number of phosphoric ester groups is 1. The van der Waals surface area contributed by atoms with E-state index >= 15 is 0 Å². The highest BCUT2D eigenvalue weighted by Gasteiger charge is 2.22. The molecule has 0 N–H and O–H groups in total. The van der Waals surface area contributed by atoms with Gasteiger partial charge in [-0.15, -0.1) is 0 Å². The number of carbonyl (C=O) groups is 2. The van der Waals surface area contributed by atoms with E-state index in [1.54, 1.807) is 0 Å². The lowest BCUT2D eigenvalue weighted by Crippen LogP contribution is -2.37. The number of ether oxygens (including phenoxy) is 2. The first kappa shape index (κ1) is 97.9. The Balaban J connectivity index is 3.98. The number of unbranched alkanes of at least 4 members (excludes halogenated alkanes) is 40. The van der Waals surface area contributed by atoms with Crippen LogP contribution in [0.3, 0.4) is 0 Å². The van der Waals surface area contributed by atoms with E-state index in [9.17, 15) is 19.0 Å². The van der Waals surface area contributed by atoms with Gasteiger partial charge in [-0.1, -0.05) is 384 Å². The summed E-state index contributed by atoms with van der Waals surface area (Å²) < 4.78 is 34.4. The third-order valence-corrected chi connectivity index (χ3v) is 19.3. The van der Waals surface area contributed by atoms with Crippen LogP contribution in [0.25, 0.3) is 0 Å². The molecule has 102 heavy (non-hydrogen) atoms. The van der Waals surface area contributed by atoms with Gasteiger partial charge in [0.05, 0.1) is 27.7 Å². The van der Waals surface area contributed by atoms with E-state index in [2.05, 4.69) is 160 Å². The molecule has 0 aromatic heterocycles. The van der Waals surface area contributed by atoms with Gasteiger partial charge < -0.3 is 27.9 Å². The molecule has 0 spiro atoms. The Morgan fingerprint density at radius 3 is 0.833 bits per heavy atom. The second-order valence-electron chi connectivity index (χ2n) is 29.5. The van der Waals surface area contributed by atoms with E-state index in [1.165, 1.54) is 225 Å². The number of hydrogen-bond acceptors (Lipinski definition) is 8. The number of allylic oxidation sites excluding steroid dienone is 24. The maximum absolute atomic E-state index is 12.9. The summed E-state index contributed by atoms with van der Waals surface area (Å²) in [6.45, 7) is 4.14. The molecule has 2 atom stereocenters. The maximum Gasteiger partial charge on any atom is 0.306 e. The summed E-state index contributed by atoms with van der Waals surface area (Å²) in [5.41, 5.74) is 0. The number of phosphoric acid groups is 1. The van der Waals surface area contributed by atoms with Gasteiger partial charge in [-0.25, -0.2) is 0 Å². The molecule has 2 unspecified atom stereocenters. The topological polar surface area (TPSA) is 111 Å². The first-order chi connectivity index (χ1) is 50.0. The fourth-order valence-electron chi connectivity index (χ4n) is 11.9. The van der Waals surface area contributed by atoms with Crippen molar-refractivity contribution < 1.29 is 42.1 Å². The highest BCUT2D eigenvalue weighted by Crippen LogP contribution is 2.38. The fraction of sp³-hybridized carbons (Fsp3) is 0.717. The fourth-order valence-corrected chi connectivity index (χ4v) is 12.6. The molecule has 0 aromatic rings. The summed E-state index contributed by atoms with van der Waals surface area (Å²) in [6.07, 6.45) is 120. The highest BCUT2D eigenvalue weighted by molar-refractivity contribution is 7.45. The second-order valence-corrected chi connectivity index (χ2v) is 30.9. The lowest BCUT2D eigenvalue weighted by atomic mass is 10.0. The van der Waals surface area contributed by atoms with Crippen LogP contribution in [-0.4, -0.2) is 70.0 Å². The standard InChI is InChI=1S/C92H160NO8P/c1-6-8-10-12-14-16-18-20-22-24-26-28-30-32-34-36-38-40-42-44-45-46-47-49-51-53-55-57-59-61-63-65-67-69-71-73-75-77-79-81-83-85-92(95)101-90(89-100-102(96,97)99-87-86-93(3,4)5)88-98-91(94)84-82-80-78-76-74-72-70-68-66-64-62-60-58-56-54-52-50-48-43-41-39-37-35-33-31-29-27-25-23-21-19-17-15-13-11-9-7-2/h8,10,14,16,19-22,25-28,32,34,38,40,44-45,47,49,53,55,59,61,90H,6-7,9,11-13,15,17-18,23-24,29-31,33,35-37,39,41-43,46,48,50-52,54,56-58,60,62-89H2,1-5H3/b10-8-,16-14-,21-19-,22-20-,27-25-,28-26-,34-32-,40-38-,45-44-,49-47-,55-53-,61-59-. The molecule has 0 aliphatic carbocycles. The summed E-state index contributed by atoms with van der Waals surface area (Å²) in [7, 11) is 1.16. The zero-order valence-electron chi connectivity index (χ0n) is 67.0. The number of carbonyl (C=O) groups excluding carboxylic acids is 2. The van der Waals surface area contributed by atoms with Crippen molar-refractivity contribution in [2.24, 2.45) is 0 Å². The van der Waals surface area contributed by atoms with Gasteiger partial charge in [0.1, 0.15) is 19.8 Å². The maximum atomic E-state index is 12.9. The Morgan fingerprint density at radius 1 is 0.314 bits per heavy atom. The number of hydrogen-bond donors (Lipinski definition) is 0. The van der Waals surface area contributed by atoms with Gasteiger partial charge in [0.25, 0.3) is 7.82 Å². The minimum atomic E-state index is -4.66. The van der Waals surface area contributed by atoms with Crippen molar-refractivity contribution in [2.75, 3.05) is 47.5 Å². The van der Waals surface area contributed by atoms with Crippen molar-refractivity contribution in [3.8, 4) is 0 Å². The summed E-state index contributed by atoms with van der Waals surface area (Å²) in [4.78, 5) is 38.2. The third kappa shape index (κ3) is 84.8. The summed E-state index contributed by atoms with van der Waals surface area (Å²) >= 11 is 0. The van der Waals surface area contributed by atoms with E-state index in [-0.39, 0.29) is 32.0 Å². The monoisotopic (exact) mass is 1440 g/mol. The first-order valence-electron chi connectivity index (χ1n) is 42.5. The Bertz CT molecular complexity index is 2240. The molecule has 0 heterocycles. The lowest BCUT2D eigenvalue weighted by molar-refractivity contribution is -0.870. The normalized spacial score (nSPS) is 13.7. The first-order valence-corrected chi connectivity index (χ1v) is 44.0. The van der Waals surface area contributed by atoms with Gasteiger partial charge in [-0.2, -0.15) is 0 Å². The molecule has 0 radical (unpaired) electrons. The van der Waals surface area contributed by atoms with Crippen LogP contribution in [0.5, 0.6) is 0 Å². The van der Waals surface area contributed by atoms with E-state index < -0.39 is 26.5 Å². The molecule has 0 bridgehead atoms. The molecule has 0 aliphatic heterocycles. The number of nitrogens with zero attached hydrogens (tertiary/aromatic N) is 1. The van der Waals surface area contributed by atoms with Crippen LogP contribution in [0, 0.1) is 0 Å². The largest absolute Gasteiger partial charge is 0.756 e. The van der Waals surface area contributed by atoms with E-state index in [1.807, 2.05) is 21.1 Å². The summed E-state index contributed by atoms with van der Waals surface area (Å²) in [5.74, 6) is -0.830. The van der Waals surface area contributed by atoms with Gasteiger partial charge >= 0.3 is 11.9 Å². The Kier molecular flexibility index (Phi) is 77.7. The molecule has 0 amide bonds. The molecule has 9 nitrogen and oxygen atoms in total. The van der Waals surface area contributed by atoms with Crippen LogP contribution in [0.15, 0.2) is 146 Å². The lowest BCUT2D eigenvalue weighted by Gasteiger charge is -2.28. The van der Waals surface area contributed by atoms with Crippen molar-refractivity contribution >= 4 is 19.8 Å². The number of rotatable bonds is 78. The Hall–Kier alpha value is -4.11. The minimum Gasteiger partial charge on any atom is -0.756 e. The molecule has 0 rings (SSSR count). The van der Waals surface area contributed by atoms with Gasteiger partial charge in [0.2, 0.25) is 0 Å². The van der Waals surface area contributed by atoms with Crippen LogP contribution in [-0.2, 0) is 32.7 Å². The number of quaternary nitrogens is 1. The van der Waals surface area contributed by atoms with Crippen molar-refractivity contribution in [1.82, 2.24) is 0 Å². The van der Waals surface area contributed by atoms with Crippen molar-refractivity contribution in [3.05, 3.63) is 146 Å². The molecule has 0 aromatic carbocycles. The molecular formula is C92H160NO8P. The predicted octanol–water partition coefficient (Wildman–Crippen LogP) is 28.2. The third-order valence-electron chi connectivity index (χ3n) is 18.3. The molecule has 0 aliphatic rings.